The van der Waals surface area contributed by atoms with Gasteiger partial charge in [0.1, 0.15) is 0 Å². The van der Waals surface area contributed by atoms with Crippen LogP contribution in [-0.4, -0.2) is 30.6 Å². The van der Waals surface area contributed by atoms with Crippen molar-refractivity contribution in [2.75, 3.05) is 19.6 Å². The maximum Gasteiger partial charge on any atom is 0.00483 e. The fourth-order valence-corrected chi connectivity index (χ4v) is 2.25. The minimum atomic E-state index is 0.404. The molecule has 1 rings (SSSR count). The molecule has 15 heavy (non-hydrogen) atoms. The van der Waals surface area contributed by atoms with Crippen LogP contribution in [0, 0.1) is 5.41 Å². The largest absolute Gasteiger partial charge is 0.328 e. The molecule has 2 heteroatoms. The molecule has 0 bridgehead atoms. The number of likely N-dealkylation sites (tertiary alicyclic amines) is 1. The lowest BCUT2D eigenvalue weighted by molar-refractivity contribution is 0.253. The standard InChI is InChI=1S/C13H28N2/c1-4-12(14)6-10-15-9-5-7-13(2,3)8-11-15/h12H,4-11,14H2,1-3H3. The molecule has 0 radical (unpaired) electrons. The van der Waals surface area contributed by atoms with Crippen LogP contribution in [0.15, 0.2) is 0 Å². The highest BCUT2D eigenvalue weighted by molar-refractivity contribution is 4.76. The lowest BCUT2D eigenvalue weighted by atomic mass is 9.85. The lowest BCUT2D eigenvalue weighted by Gasteiger charge is -2.24. The van der Waals surface area contributed by atoms with Crippen LogP contribution in [-0.2, 0) is 0 Å². The second-order valence-corrected chi connectivity index (χ2v) is 5.82. The maximum absolute atomic E-state index is 5.96. The molecular formula is C13H28N2. The van der Waals surface area contributed by atoms with E-state index in [2.05, 4.69) is 25.7 Å². The molecule has 0 saturated carbocycles. The van der Waals surface area contributed by atoms with Crippen LogP contribution in [0.2, 0.25) is 0 Å². The molecule has 90 valence electrons. The Labute approximate surface area is 95.2 Å². The summed E-state index contributed by atoms with van der Waals surface area (Å²) in [6.45, 7) is 10.7. The first-order valence-electron chi connectivity index (χ1n) is 6.51. The average Bonchev–Trinajstić information content (AvgIpc) is 2.36. The van der Waals surface area contributed by atoms with E-state index in [0.29, 0.717) is 11.5 Å². The third kappa shape index (κ3) is 4.98. The van der Waals surface area contributed by atoms with Gasteiger partial charge in [-0.15, -0.1) is 0 Å². The summed E-state index contributed by atoms with van der Waals surface area (Å²) in [7, 11) is 0. The predicted molar refractivity (Wildman–Crippen MR) is 67.0 cm³/mol. The van der Waals surface area contributed by atoms with Crippen LogP contribution in [0.1, 0.15) is 52.9 Å². The molecule has 1 unspecified atom stereocenters. The molecule has 0 aromatic rings. The van der Waals surface area contributed by atoms with Gasteiger partial charge in [0.05, 0.1) is 0 Å². The molecule has 1 heterocycles. The van der Waals surface area contributed by atoms with Gasteiger partial charge in [0.2, 0.25) is 0 Å². The first-order valence-corrected chi connectivity index (χ1v) is 6.51. The summed E-state index contributed by atoms with van der Waals surface area (Å²) < 4.78 is 0. The van der Waals surface area contributed by atoms with E-state index in [0.717, 1.165) is 12.8 Å². The van der Waals surface area contributed by atoms with Gasteiger partial charge in [-0.2, -0.15) is 0 Å². The lowest BCUT2D eigenvalue weighted by Crippen LogP contribution is -2.31. The molecule has 1 atom stereocenters. The van der Waals surface area contributed by atoms with Crippen LogP contribution in [0.3, 0.4) is 0 Å². The molecule has 0 spiro atoms. The average molecular weight is 212 g/mol. The molecule has 0 aliphatic carbocycles. The smallest absolute Gasteiger partial charge is 0.00483 e. The van der Waals surface area contributed by atoms with Crippen LogP contribution in [0.25, 0.3) is 0 Å². The molecule has 2 nitrogen and oxygen atoms in total. The minimum absolute atomic E-state index is 0.404. The van der Waals surface area contributed by atoms with Gasteiger partial charge in [0.25, 0.3) is 0 Å². The highest BCUT2D eigenvalue weighted by Crippen LogP contribution is 2.29. The zero-order valence-corrected chi connectivity index (χ0v) is 10.8. The third-order valence-electron chi connectivity index (χ3n) is 3.77. The highest BCUT2D eigenvalue weighted by Gasteiger charge is 2.22. The molecule has 0 aromatic carbocycles. The van der Waals surface area contributed by atoms with E-state index < -0.39 is 0 Å². The van der Waals surface area contributed by atoms with Crippen LogP contribution in [0.5, 0.6) is 0 Å². The van der Waals surface area contributed by atoms with E-state index in [9.17, 15) is 0 Å². The summed E-state index contributed by atoms with van der Waals surface area (Å²) in [6.07, 6.45) is 6.35. The fraction of sp³-hybridized carbons (Fsp3) is 1.00. The fourth-order valence-electron chi connectivity index (χ4n) is 2.25. The topological polar surface area (TPSA) is 29.3 Å². The Hall–Kier alpha value is -0.0800. The van der Waals surface area contributed by atoms with E-state index in [1.807, 2.05) is 0 Å². The van der Waals surface area contributed by atoms with Crippen molar-refractivity contribution in [1.82, 2.24) is 4.90 Å². The van der Waals surface area contributed by atoms with Crippen LogP contribution >= 0.6 is 0 Å². The molecule has 0 amide bonds. The molecule has 1 aliphatic heterocycles. The number of nitrogens with two attached hydrogens (primary N) is 1. The number of hydrogen-bond donors (Lipinski definition) is 1. The summed E-state index contributed by atoms with van der Waals surface area (Å²) in [4.78, 5) is 2.60. The Morgan fingerprint density at radius 2 is 2.00 bits per heavy atom. The Balaban J connectivity index is 2.26. The van der Waals surface area contributed by atoms with Gasteiger partial charge in [-0.05, 0) is 57.2 Å². The van der Waals surface area contributed by atoms with Crippen molar-refractivity contribution in [2.45, 2.75) is 58.9 Å². The summed E-state index contributed by atoms with van der Waals surface area (Å²) in [5.41, 5.74) is 6.51. The van der Waals surface area contributed by atoms with Crippen molar-refractivity contribution >= 4 is 0 Å². The van der Waals surface area contributed by atoms with Crippen molar-refractivity contribution in [3.63, 3.8) is 0 Å². The van der Waals surface area contributed by atoms with Gasteiger partial charge in [-0.25, -0.2) is 0 Å². The van der Waals surface area contributed by atoms with E-state index in [4.69, 9.17) is 5.73 Å². The first-order chi connectivity index (χ1) is 7.03. The van der Waals surface area contributed by atoms with E-state index in [-0.39, 0.29) is 0 Å². The maximum atomic E-state index is 5.96. The Kier molecular flexibility index (Phi) is 5.07. The highest BCUT2D eigenvalue weighted by atomic mass is 15.1. The van der Waals surface area contributed by atoms with E-state index in [1.165, 1.54) is 38.9 Å². The Bertz CT molecular complexity index is 177. The molecular weight excluding hydrogens is 184 g/mol. The molecule has 1 fully saturated rings. The van der Waals surface area contributed by atoms with Crippen molar-refractivity contribution < 1.29 is 0 Å². The van der Waals surface area contributed by atoms with E-state index >= 15 is 0 Å². The number of hydrogen-bond acceptors (Lipinski definition) is 2. The zero-order valence-electron chi connectivity index (χ0n) is 10.8. The third-order valence-corrected chi connectivity index (χ3v) is 3.77. The van der Waals surface area contributed by atoms with Gasteiger partial charge < -0.3 is 10.6 Å². The molecule has 2 N–H and O–H groups in total. The van der Waals surface area contributed by atoms with E-state index in [1.54, 1.807) is 0 Å². The second-order valence-electron chi connectivity index (χ2n) is 5.82. The Morgan fingerprint density at radius 1 is 1.27 bits per heavy atom. The summed E-state index contributed by atoms with van der Waals surface area (Å²) in [5, 5.41) is 0. The Morgan fingerprint density at radius 3 is 2.67 bits per heavy atom. The van der Waals surface area contributed by atoms with Crippen molar-refractivity contribution in [2.24, 2.45) is 11.1 Å². The van der Waals surface area contributed by atoms with Crippen molar-refractivity contribution in [3.05, 3.63) is 0 Å². The van der Waals surface area contributed by atoms with Gasteiger partial charge in [0, 0.05) is 6.04 Å². The summed E-state index contributed by atoms with van der Waals surface area (Å²) in [5.74, 6) is 0. The quantitative estimate of drug-likeness (QED) is 0.776. The SMILES string of the molecule is CCC(N)CCN1CCCC(C)(C)CC1. The van der Waals surface area contributed by atoms with Gasteiger partial charge in [-0.1, -0.05) is 20.8 Å². The normalized spacial score (nSPS) is 24.8. The molecule has 0 aromatic heterocycles. The van der Waals surface area contributed by atoms with Gasteiger partial charge in [0.15, 0.2) is 0 Å². The summed E-state index contributed by atoms with van der Waals surface area (Å²) >= 11 is 0. The van der Waals surface area contributed by atoms with Crippen LogP contribution in [0.4, 0.5) is 0 Å². The zero-order chi connectivity index (χ0) is 11.3. The van der Waals surface area contributed by atoms with Crippen molar-refractivity contribution in [3.8, 4) is 0 Å². The van der Waals surface area contributed by atoms with Gasteiger partial charge in [-0.3, -0.25) is 0 Å². The number of nitrogens with zero attached hydrogens (tertiary/aromatic N) is 1. The minimum Gasteiger partial charge on any atom is -0.328 e. The predicted octanol–water partition coefficient (Wildman–Crippen LogP) is 2.63. The van der Waals surface area contributed by atoms with Crippen molar-refractivity contribution in [1.29, 1.82) is 0 Å². The first kappa shape index (κ1) is 13.0. The second kappa shape index (κ2) is 5.86. The van der Waals surface area contributed by atoms with Gasteiger partial charge >= 0.3 is 0 Å². The molecule has 1 saturated heterocycles. The number of rotatable bonds is 4. The monoisotopic (exact) mass is 212 g/mol. The molecule has 1 aliphatic rings. The van der Waals surface area contributed by atoms with Crippen LogP contribution < -0.4 is 5.73 Å². The summed E-state index contributed by atoms with van der Waals surface area (Å²) in [6, 6.07) is 0.404.